The summed E-state index contributed by atoms with van der Waals surface area (Å²) in [5, 5.41) is 0. The molecule has 1 spiro atoms. The number of rotatable bonds is 6. The van der Waals surface area contributed by atoms with Crippen molar-refractivity contribution < 1.29 is 28.5 Å². The summed E-state index contributed by atoms with van der Waals surface area (Å²) in [4.78, 5) is 27.7. The van der Waals surface area contributed by atoms with Gasteiger partial charge in [-0.25, -0.2) is 0 Å². The first kappa shape index (κ1) is 27.0. The van der Waals surface area contributed by atoms with Gasteiger partial charge >= 0.3 is 11.9 Å². The summed E-state index contributed by atoms with van der Waals surface area (Å²) in [5.41, 5.74) is -0.148. The highest BCUT2D eigenvalue weighted by Gasteiger charge is 2.67. The van der Waals surface area contributed by atoms with Gasteiger partial charge in [0.05, 0.1) is 10.8 Å². The van der Waals surface area contributed by atoms with Crippen LogP contribution in [0.25, 0.3) is 0 Å². The molecule has 1 aliphatic heterocycles. The number of hydrogen-bond acceptors (Lipinski definition) is 6. The van der Waals surface area contributed by atoms with Crippen molar-refractivity contribution in [3.8, 4) is 0 Å². The third kappa shape index (κ3) is 4.02. The average molecular weight is 593 g/mol. The van der Waals surface area contributed by atoms with Crippen LogP contribution in [0.4, 0.5) is 0 Å². The summed E-state index contributed by atoms with van der Waals surface area (Å²) in [6.07, 6.45) is 19.2. The highest BCUT2D eigenvalue weighted by molar-refractivity contribution is 5.78. The van der Waals surface area contributed by atoms with Crippen LogP contribution >= 0.6 is 0 Å². The molecule has 12 bridgehead atoms. The van der Waals surface area contributed by atoms with Gasteiger partial charge in [-0.05, 0) is 156 Å². The van der Waals surface area contributed by atoms with Gasteiger partial charge in [-0.1, -0.05) is 6.92 Å². The molecule has 4 atom stereocenters. The summed E-state index contributed by atoms with van der Waals surface area (Å²) < 4.78 is 26.6. The third-order valence-electron chi connectivity index (χ3n) is 15.4. The zero-order valence-electron chi connectivity index (χ0n) is 26.2. The predicted molar refractivity (Wildman–Crippen MR) is 157 cm³/mol. The lowest BCUT2D eigenvalue weighted by atomic mass is 9.48. The van der Waals surface area contributed by atoms with Gasteiger partial charge < -0.3 is 18.9 Å². The van der Waals surface area contributed by atoms with Crippen molar-refractivity contribution in [3.63, 3.8) is 0 Å². The number of hydrogen-bond donors (Lipinski definition) is 0. The zero-order valence-corrected chi connectivity index (χ0v) is 26.2. The van der Waals surface area contributed by atoms with Crippen LogP contribution in [0.5, 0.6) is 0 Å². The topological polar surface area (TPSA) is 71.1 Å². The molecule has 12 saturated carbocycles. The fraction of sp³-hybridized carbons (Fsp3) is 0.946. The third-order valence-corrected chi connectivity index (χ3v) is 15.4. The summed E-state index contributed by atoms with van der Waals surface area (Å²) in [7, 11) is 0. The van der Waals surface area contributed by atoms with E-state index in [1.807, 2.05) is 0 Å². The summed E-state index contributed by atoms with van der Waals surface area (Å²) in [6, 6.07) is 0. The molecule has 13 fully saturated rings. The first-order valence-corrected chi connectivity index (χ1v) is 18.4. The minimum absolute atomic E-state index is 0.0121. The van der Waals surface area contributed by atoms with Crippen molar-refractivity contribution in [2.75, 3.05) is 13.2 Å². The van der Waals surface area contributed by atoms with Crippen LogP contribution in [0.3, 0.4) is 0 Å². The monoisotopic (exact) mass is 592 g/mol. The standard InChI is InChI=1S/C37H52O6/c1-34-10-27-8-28(17-34)37(29(9-27)18-34)42-30(19-40-32(38)35-11-21-2-22(12-35)4-23(3-21)13-35)31(43-37)20-41-33(39)36-14-24-5-25(15-36)7-26(6-24)16-36/h21-31H,2-20H2,1H3. The normalized spacial score (nSPS) is 58.0. The number of ether oxygens (including phenoxy) is 4. The van der Waals surface area contributed by atoms with E-state index in [0.29, 0.717) is 52.8 Å². The van der Waals surface area contributed by atoms with Gasteiger partial charge in [0, 0.05) is 11.8 Å². The molecule has 0 aromatic heterocycles. The van der Waals surface area contributed by atoms with E-state index < -0.39 is 5.79 Å². The Bertz CT molecular complexity index is 1050. The van der Waals surface area contributed by atoms with E-state index in [9.17, 15) is 9.59 Å². The lowest BCUT2D eigenvalue weighted by molar-refractivity contribution is -0.312. The van der Waals surface area contributed by atoms with E-state index in [2.05, 4.69) is 6.92 Å². The van der Waals surface area contributed by atoms with Crippen LogP contribution in [0.2, 0.25) is 0 Å². The average Bonchev–Trinajstić information content (AvgIpc) is 3.30. The maximum atomic E-state index is 13.8. The van der Waals surface area contributed by atoms with Crippen LogP contribution in [-0.2, 0) is 28.5 Å². The fourth-order valence-corrected chi connectivity index (χ4v) is 15.0. The van der Waals surface area contributed by atoms with Gasteiger partial charge in [0.25, 0.3) is 0 Å². The molecule has 0 aromatic carbocycles. The molecular formula is C37H52O6. The Hall–Kier alpha value is -1.14. The van der Waals surface area contributed by atoms with Crippen LogP contribution < -0.4 is 0 Å². The predicted octanol–water partition coefficient (Wildman–Crippen LogP) is 6.83. The molecule has 236 valence electrons. The molecule has 0 amide bonds. The van der Waals surface area contributed by atoms with Crippen molar-refractivity contribution in [1.29, 1.82) is 0 Å². The van der Waals surface area contributed by atoms with Crippen molar-refractivity contribution in [3.05, 3.63) is 0 Å². The van der Waals surface area contributed by atoms with Crippen molar-refractivity contribution in [2.24, 2.45) is 69.5 Å². The Morgan fingerprint density at radius 2 is 0.884 bits per heavy atom. The zero-order chi connectivity index (χ0) is 28.8. The van der Waals surface area contributed by atoms with Crippen molar-refractivity contribution >= 4 is 11.9 Å². The quantitative estimate of drug-likeness (QED) is 0.315. The Labute approximate surface area is 257 Å². The first-order valence-electron chi connectivity index (χ1n) is 18.4. The summed E-state index contributed by atoms with van der Waals surface area (Å²) in [6.45, 7) is 2.92. The van der Waals surface area contributed by atoms with E-state index >= 15 is 0 Å². The Morgan fingerprint density at radius 3 is 1.23 bits per heavy atom. The van der Waals surface area contributed by atoms with Gasteiger partial charge in [-0.3, -0.25) is 9.59 Å². The fourth-order valence-electron chi connectivity index (χ4n) is 15.0. The van der Waals surface area contributed by atoms with Crippen molar-refractivity contribution in [1.82, 2.24) is 0 Å². The molecule has 6 heteroatoms. The Balaban J connectivity index is 0.875. The van der Waals surface area contributed by atoms with E-state index in [4.69, 9.17) is 18.9 Å². The molecule has 6 nitrogen and oxygen atoms in total. The number of carbonyl (C=O) groups is 2. The lowest BCUT2D eigenvalue weighted by Crippen LogP contribution is -2.61. The number of esters is 2. The van der Waals surface area contributed by atoms with Gasteiger partial charge in [0.1, 0.15) is 25.4 Å². The molecule has 0 aromatic rings. The van der Waals surface area contributed by atoms with Crippen LogP contribution in [0.1, 0.15) is 116 Å². The Morgan fingerprint density at radius 1 is 0.535 bits per heavy atom. The van der Waals surface area contributed by atoms with E-state index in [-0.39, 0.29) is 48.2 Å². The highest BCUT2D eigenvalue weighted by atomic mass is 16.8. The van der Waals surface area contributed by atoms with Gasteiger partial charge in [-0.15, -0.1) is 0 Å². The van der Waals surface area contributed by atoms with Crippen LogP contribution in [0, 0.1) is 69.5 Å². The molecule has 0 N–H and O–H groups in total. The first-order chi connectivity index (χ1) is 20.7. The second-order valence-electron chi connectivity index (χ2n) is 18.8. The van der Waals surface area contributed by atoms with Gasteiger partial charge in [-0.2, -0.15) is 0 Å². The maximum Gasteiger partial charge on any atom is 0.312 e. The lowest BCUT2D eigenvalue weighted by Gasteiger charge is -2.62. The van der Waals surface area contributed by atoms with Gasteiger partial charge in [0.15, 0.2) is 5.79 Å². The molecule has 1 heterocycles. The summed E-state index contributed by atoms with van der Waals surface area (Å²) >= 11 is 0. The van der Waals surface area contributed by atoms with E-state index in [1.165, 1.54) is 57.8 Å². The second-order valence-corrected chi connectivity index (χ2v) is 18.8. The highest BCUT2D eigenvalue weighted by Crippen LogP contribution is 2.67. The maximum absolute atomic E-state index is 13.8. The van der Waals surface area contributed by atoms with E-state index in [0.717, 1.165) is 57.3 Å². The Kier molecular flexibility index (Phi) is 5.66. The SMILES string of the molecule is CC12CC3CC(C1)C1(OC(COC(=O)C45CC6CC(CC(C6)C4)C5)C(COC(=O)C45CC6CC(CC(C6)C4)C5)O1)C(C3)C2. The largest absolute Gasteiger partial charge is 0.462 e. The molecule has 13 aliphatic rings. The van der Waals surface area contributed by atoms with Crippen molar-refractivity contribution in [2.45, 2.75) is 134 Å². The minimum atomic E-state index is -0.605. The smallest absolute Gasteiger partial charge is 0.312 e. The molecule has 4 unspecified atom stereocenters. The van der Waals surface area contributed by atoms with Gasteiger partial charge in [0.2, 0.25) is 0 Å². The molecule has 0 radical (unpaired) electrons. The molecule has 13 rings (SSSR count). The summed E-state index contributed by atoms with van der Waals surface area (Å²) in [5.74, 6) is 5.21. The number of carbonyl (C=O) groups excluding carboxylic acids is 2. The molecular weight excluding hydrogens is 540 g/mol. The van der Waals surface area contributed by atoms with Crippen LogP contribution in [-0.4, -0.2) is 43.1 Å². The minimum Gasteiger partial charge on any atom is -0.462 e. The van der Waals surface area contributed by atoms with E-state index in [1.54, 1.807) is 0 Å². The molecule has 43 heavy (non-hydrogen) atoms. The second kappa shape index (κ2) is 9.02. The van der Waals surface area contributed by atoms with Crippen LogP contribution in [0.15, 0.2) is 0 Å². The molecule has 1 saturated heterocycles. The molecule has 12 aliphatic carbocycles.